The Morgan fingerprint density at radius 3 is 2.77 bits per heavy atom. The van der Waals surface area contributed by atoms with Crippen molar-refractivity contribution in [3.05, 3.63) is 27.7 Å². The number of anilines is 1. The molecule has 0 saturated heterocycles. The number of carbonyl (C=O) groups is 1. The average Bonchev–Trinajstić information content (AvgIpc) is 3.01. The summed E-state index contributed by atoms with van der Waals surface area (Å²) < 4.78 is 0. The SMILES string of the molecule is CCN1CCc2nc(NC(=O)c3c(C)nc(C(C)C)nc3SC)sc2C1. The summed E-state index contributed by atoms with van der Waals surface area (Å²) in [4.78, 5) is 30.2. The van der Waals surface area contributed by atoms with Crippen molar-refractivity contribution in [2.75, 3.05) is 24.7 Å². The van der Waals surface area contributed by atoms with Crippen molar-refractivity contribution >= 4 is 34.1 Å². The quantitative estimate of drug-likeness (QED) is 0.619. The fourth-order valence-corrected chi connectivity index (χ4v) is 4.64. The molecule has 0 spiro atoms. The topological polar surface area (TPSA) is 71.0 Å². The molecule has 0 atom stereocenters. The van der Waals surface area contributed by atoms with Crippen LogP contribution in [-0.2, 0) is 13.0 Å². The van der Waals surface area contributed by atoms with E-state index >= 15 is 0 Å². The summed E-state index contributed by atoms with van der Waals surface area (Å²) in [6.45, 7) is 11.1. The molecule has 0 aromatic carbocycles. The van der Waals surface area contributed by atoms with Gasteiger partial charge in [0.25, 0.3) is 5.91 Å². The molecule has 1 aliphatic rings. The molecule has 26 heavy (non-hydrogen) atoms. The molecular formula is C18H25N5OS2. The molecule has 8 heteroatoms. The van der Waals surface area contributed by atoms with Gasteiger partial charge in [-0.3, -0.25) is 15.0 Å². The van der Waals surface area contributed by atoms with Crippen molar-refractivity contribution < 1.29 is 4.79 Å². The number of rotatable bonds is 5. The van der Waals surface area contributed by atoms with Gasteiger partial charge in [0.2, 0.25) is 0 Å². The molecule has 1 aliphatic heterocycles. The van der Waals surface area contributed by atoms with Crippen LogP contribution in [0.25, 0.3) is 0 Å². The first-order valence-corrected chi connectivity index (χ1v) is 10.9. The van der Waals surface area contributed by atoms with Crippen LogP contribution < -0.4 is 5.32 Å². The second kappa shape index (κ2) is 8.02. The summed E-state index contributed by atoms with van der Waals surface area (Å²) in [7, 11) is 0. The molecule has 1 amide bonds. The smallest absolute Gasteiger partial charge is 0.262 e. The van der Waals surface area contributed by atoms with Gasteiger partial charge in [-0.25, -0.2) is 15.0 Å². The van der Waals surface area contributed by atoms with Gasteiger partial charge in [0.05, 0.1) is 17.0 Å². The first-order valence-electron chi connectivity index (χ1n) is 8.87. The summed E-state index contributed by atoms with van der Waals surface area (Å²) in [6.07, 6.45) is 2.88. The lowest BCUT2D eigenvalue weighted by Crippen LogP contribution is -2.29. The van der Waals surface area contributed by atoms with Gasteiger partial charge < -0.3 is 0 Å². The van der Waals surface area contributed by atoms with Crippen molar-refractivity contribution in [2.45, 2.75) is 51.6 Å². The van der Waals surface area contributed by atoms with Crippen molar-refractivity contribution in [3.8, 4) is 0 Å². The summed E-state index contributed by atoms with van der Waals surface area (Å²) >= 11 is 3.05. The number of amides is 1. The van der Waals surface area contributed by atoms with Gasteiger partial charge in [0, 0.05) is 30.3 Å². The molecule has 3 heterocycles. The predicted molar refractivity (Wildman–Crippen MR) is 107 cm³/mol. The first-order chi connectivity index (χ1) is 12.4. The Labute approximate surface area is 162 Å². The molecule has 0 fully saturated rings. The van der Waals surface area contributed by atoms with Gasteiger partial charge in [-0.15, -0.1) is 23.1 Å². The number of thioether (sulfide) groups is 1. The summed E-state index contributed by atoms with van der Waals surface area (Å²) in [5.74, 6) is 0.817. The van der Waals surface area contributed by atoms with E-state index in [1.165, 1.54) is 16.6 Å². The average molecular weight is 392 g/mol. The lowest BCUT2D eigenvalue weighted by Gasteiger charge is -2.23. The zero-order chi connectivity index (χ0) is 18.8. The largest absolute Gasteiger partial charge is 0.298 e. The highest BCUT2D eigenvalue weighted by Gasteiger charge is 2.23. The normalized spacial score (nSPS) is 14.5. The van der Waals surface area contributed by atoms with Crippen LogP contribution in [0, 0.1) is 6.92 Å². The Morgan fingerprint density at radius 2 is 2.12 bits per heavy atom. The van der Waals surface area contributed by atoms with Crippen molar-refractivity contribution in [2.24, 2.45) is 0 Å². The second-order valence-electron chi connectivity index (χ2n) is 6.67. The zero-order valence-corrected chi connectivity index (χ0v) is 17.6. The number of carbonyl (C=O) groups excluding carboxylic acids is 1. The molecular weight excluding hydrogens is 366 g/mol. The van der Waals surface area contributed by atoms with Crippen molar-refractivity contribution in [1.29, 1.82) is 0 Å². The van der Waals surface area contributed by atoms with Crippen LogP contribution in [0.5, 0.6) is 0 Å². The van der Waals surface area contributed by atoms with E-state index in [2.05, 4.69) is 45.9 Å². The maximum atomic E-state index is 12.9. The molecule has 0 unspecified atom stereocenters. The third-order valence-electron chi connectivity index (χ3n) is 4.49. The van der Waals surface area contributed by atoms with Gasteiger partial charge in [-0.1, -0.05) is 20.8 Å². The zero-order valence-electron chi connectivity index (χ0n) is 15.9. The van der Waals surface area contributed by atoms with Crippen LogP contribution in [0.15, 0.2) is 5.03 Å². The van der Waals surface area contributed by atoms with Gasteiger partial charge in [-0.2, -0.15) is 0 Å². The van der Waals surface area contributed by atoms with E-state index in [0.717, 1.165) is 42.6 Å². The number of fused-ring (bicyclic) bond motifs is 1. The van der Waals surface area contributed by atoms with Crippen molar-refractivity contribution in [1.82, 2.24) is 19.9 Å². The lowest BCUT2D eigenvalue weighted by atomic mass is 10.1. The third kappa shape index (κ3) is 3.92. The van der Waals surface area contributed by atoms with Crippen LogP contribution in [0.2, 0.25) is 0 Å². The number of aromatic nitrogens is 3. The lowest BCUT2D eigenvalue weighted by molar-refractivity contribution is 0.102. The minimum Gasteiger partial charge on any atom is -0.298 e. The van der Waals surface area contributed by atoms with E-state index in [1.807, 2.05) is 13.2 Å². The number of likely N-dealkylation sites (N-methyl/N-ethyl adjacent to an activating group) is 1. The van der Waals surface area contributed by atoms with E-state index in [9.17, 15) is 4.79 Å². The second-order valence-corrected chi connectivity index (χ2v) is 8.55. The molecule has 0 radical (unpaired) electrons. The monoisotopic (exact) mass is 391 g/mol. The molecule has 0 saturated carbocycles. The van der Waals surface area contributed by atoms with E-state index in [-0.39, 0.29) is 11.8 Å². The Morgan fingerprint density at radius 1 is 1.35 bits per heavy atom. The molecule has 6 nitrogen and oxygen atoms in total. The fourth-order valence-electron chi connectivity index (χ4n) is 2.97. The molecule has 2 aromatic rings. The summed E-state index contributed by atoms with van der Waals surface area (Å²) in [6, 6.07) is 0. The van der Waals surface area contributed by atoms with E-state index < -0.39 is 0 Å². The maximum Gasteiger partial charge on any atom is 0.262 e. The van der Waals surface area contributed by atoms with Crippen LogP contribution in [0.3, 0.4) is 0 Å². The third-order valence-corrected chi connectivity index (χ3v) is 6.17. The van der Waals surface area contributed by atoms with Crippen molar-refractivity contribution in [3.63, 3.8) is 0 Å². The highest BCUT2D eigenvalue weighted by atomic mass is 32.2. The minimum atomic E-state index is -0.180. The number of hydrogen-bond acceptors (Lipinski definition) is 7. The van der Waals surface area contributed by atoms with Gasteiger partial charge in [-0.05, 0) is 19.7 Å². The highest BCUT2D eigenvalue weighted by molar-refractivity contribution is 7.98. The molecule has 0 aliphatic carbocycles. The number of thiazole rings is 1. The summed E-state index contributed by atoms with van der Waals surface area (Å²) in [5, 5.41) is 4.35. The first kappa shape index (κ1) is 19.3. The standard InChI is InChI=1S/C18H25N5OS2/c1-6-23-8-7-12-13(9-23)26-18(20-12)22-16(24)14-11(4)19-15(10(2)3)21-17(14)25-5/h10H,6-9H2,1-5H3,(H,20,22,24). The molecule has 2 aromatic heterocycles. The highest BCUT2D eigenvalue weighted by Crippen LogP contribution is 2.29. The predicted octanol–water partition coefficient (Wildman–Crippen LogP) is 3.72. The number of hydrogen-bond donors (Lipinski definition) is 1. The number of aryl methyl sites for hydroxylation is 1. The van der Waals surface area contributed by atoms with Crippen LogP contribution >= 0.6 is 23.1 Å². The van der Waals surface area contributed by atoms with Gasteiger partial charge in [0.15, 0.2) is 5.13 Å². The van der Waals surface area contributed by atoms with Crippen LogP contribution in [0.1, 0.15) is 59.1 Å². The van der Waals surface area contributed by atoms with Crippen LogP contribution in [-0.4, -0.2) is 45.1 Å². The van der Waals surface area contributed by atoms with E-state index in [1.54, 1.807) is 11.3 Å². The minimum absolute atomic E-state index is 0.180. The molecule has 140 valence electrons. The van der Waals surface area contributed by atoms with Gasteiger partial charge >= 0.3 is 0 Å². The molecule has 3 rings (SSSR count). The molecule has 0 bridgehead atoms. The maximum absolute atomic E-state index is 12.9. The Hall–Kier alpha value is -1.51. The van der Waals surface area contributed by atoms with E-state index in [4.69, 9.17) is 0 Å². The summed E-state index contributed by atoms with van der Waals surface area (Å²) in [5.41, 5.74) is 2.37. The Balaban J connectivity index is 1.84. The Bertz CT molecular complexity index is 818. The Kier molecular flexibility index (Phi) is 5.94. The number of nitrogens with zero attached hydrogens (tertiary/aromatic N) is 4. The van der Waals surface area contributed by atoms with E-state index in [0.29, 0.717) is 16.4 Å². The number of nitrogens with one attached hydrogen (secondary N) is 1. The van der Waals surface area contributed by atoms with Crippen LogP contribution in [0.4, 0.5) is 5.13 Å². The van der Waals surface area contributed by atoms with Gasteiger partial charge in [0.1, 0.15) is 10.9 Å². The molecule has 1 N–H and O–H groups in total. The fraction of sp³-hybridized carbons (Fsp3) is 0.556.